The lowest BCUT2D eigenvalue weighted by molar-refractivity contribution is 0.0976. The molecule has 0 saturated carbocycles. The second-order valence-electron chi connectivity index (χ2n) is 6.05. The van der Waals surface area contributed by atoms with E-state index < -0.39 is 0 Å². The number of hydrogen-bond donors (Lipinski definition) is 0. The summed E-state index contributed by atoms with van der Waals surface area (Å²) >= 11 is 1.52. The summed E-state index contributed by atoms with van der Waals surface area (Å²) in [6.07, 6.45) is 0. The van der Waals surface area contributed by atoms with Gasteiger partial charge in [0, 0.05) is 19.2 Å². The summed E-state index contributed by atoms with van der Waals surface area (Å²) in [5.41, 5.74) is 2.39. The van der Waals surface area contributed by atoms with Crippen LogP contribution in [0, 0.1) is 13.8 Å². The number of likely N-dealkylation sites (N-methyl/N-ethyl adjacent to an activating group) is 1. The fourth-order valence-corrected chi connectivity index (χ4v) is 3.41. The SMILES string of the molecule is Cc1ccc2nc(N(CCN(C)C)C(=O)c3cc(C)on3)sc2c1. The van der Waals surface area contributed by atoms with E-state index in [4.69, 9.17) is 4.52 Å². The lowest BCUT2D eigenvalue weighted by atomic mass is 10.2. The zero-order valence-electron chi connectivity index (χ0n) is 14.2. The Morgan fingerprint density at radius 3 is 2.67 bits per heavy atom. The minimum absolute atomic E-state index is 0.190. The molecule has 2 heterocycles. The van der Waals surface area contributed by atoms with Crippen LogP contribution in [-0.4, -0.2) is 48.1 Å². The van der Waals surface area contributed by atoms with Crippen LogP contribution in [0.25, 0.3) is 10.2 Å². The number of benzene rings is 1. The highest BCUT2D eigenvalue weighted by atomic mass is 32.1. The van der Waals surface area contributed by atoms with Crippen LogP contribution in [0.15, 0.2) is 28.8 Å². The molecule has 0 N–H and O–H groups in total. The van der Waals surface area contributed by atoms with Gasteiger partial charge in [0.1, 0.15) is 5.76 Å². The van der Waals surface area contributed by atoms with Crippen molar-refractivity contribution in [3.8, 4) is 0 Å². The van der Waals surface area contributed by atoms with Crippen LogP contribution in [0.1, 0.15) is 21.8 Å². The predicted octanol–water partition coefficient (Wildman–Crippen LogP) is 3.11. The van der Waals surface area contributed by atoms with Crippen molar-refractivity contribution >= 4 is 32.6 Å². The van der Waals surface area contributed by atoms with Gasteiger partial charge in [-0.15, -0.1) is 0 Å². The van der Waals surface area contributed by atoms with Crippen molar-refractivity contribution in [2.45, 2.75) is 13.8 Å². The van der Waals surface area contributed by atoms with Gasteiger partial charge in [0.2, 0.25) is 0 Å². The monoisotopic (exact) mass is 344 g/mol. The number of aromatic nitrogens is 2. The van der Waals surface area contributed by atoms with Gasteiger partial charge in [-0.25, -0.2) is 4.98 Å². The molecule has 6 nitrogen and oxygen atoms in total. The largest absolute Gasteiger partial charge is 0.361 e. The summed E-state index contributed by atoms with van der Waals surface area (Å²) < 4.78 is 6.12. The van der Waals surface area contributed by atoms with Crippen molar-refractivity contribution in [1.29, 1.82) is 0 Å². The molecule has 2 aromatic heterocycles. The highest BCUT2D eigenvalue weighted by Gasteiger charge is 2.24. The summed E-state index contributed by atoms with van der Waals surface area (Å²) in [6, 6.07) is 7.76. The fourth-order valence-electron chi connectivity index (χ4n) is 2.32. The Kier molecular flexibility index (Phi) is 4.64. The fraction of sp³-hybridized carbons (Fsp3) is 0.353. The molecular formula is C17H20N4O2S. The van der Waals surface area contributed by atoms with Gasteiger partial charge in [0.15, 0.2) is 10.8 Å². The molecule has 126 valence electrons. The first-order valence-corrected chi connectivity index (χ1v) is 8.53. The van der Waals surface area contributed by atoms with Crippen molar-refractivity contribution in [3.05, 3.63) is 41.3 Å². The predicted molar refractivity (Wildman–Crippen MR) is 95.8 cm³/mol. The van der Waals surface area contributed by atoms with Crippen molar-refractivity contribution in [2.24, 2.45) is 0 Å². The molecule has 1 amide bonds. The van der Waals surface area contributed by atoms with Crippen LogP contribution < -0.4 is 4.90 Å². The molecule has 0 aliphatic carbocycles. The third kappa shape index (κ3) is 3.47. The molecule has 0 atom stereocenters. The zero-order chi connectivity index (χ0) is 17.3. The van der Waals surface area contributed by atoms with Gasteiger partial charge < -0.3 is 9.42 Å². The maximum absolute atomic E-state index is 12.9. The van der Waals surface area contributed by atoms with E-state index in [0.717, 1.165) is 16.8 Å². The molecule has 0 saturated heterocycles. The molecule has 24 heavy (non-hydrogen) atoms. The lowest BCUT2D eigenvalue weighted by Crippen LogP contribution is -2.36. The second-order valence-corrected chi connectivity index (χ2v) is 7.06. The number of rotatable bonds is 5. The molecular weight excluding hydrogens is 324 g/mol. The van der Waals surface area contributed by atoms with E-state index in [1.807, 2.05) is 38.1 Å². The third-order valence-electron chi connectivity index (χ3n) is 3.63. The van der Waals surface area contributed by atoms with E-state index in [0.29, 0.717) is 23.1 Å². The first-order chi connectivity index (χ1) is 11.4. The van der Waals surface area contributed by atoms with E-state index in [1.54, 1.807) is 17.9 Å². The molecule has 7 heteroatoms. The van der Waals surface area contributed by atoms with E-state index in [1.165, 1.54) is 16.9 Å². The van der Waals surface area contributed by atoms with Gasteiger partial charge in [0.05, 0.1) is 10.2 Å². The Bertz CT molecular complexity index is 868. The number of carbonyl (C=O) groups excluding carboxylic acids is 1. The average Bonchev–Trinajstić information content (AvgIpc) is 3.12. The van der Waals surface area contributed by atoms with Crippen LogP contribution in [0.3, 0.4) is 0 Å². The average molecular weight is 344 g/mol. The normalized spacial score (nSPS) is 11.4. The number of nitrogens with zero attached hydrogens (tertiary/aromatic N) is 4. The first kappa shape index (κ1) is 16.6. The van der Waals surface area contributed by atoms with Gasteiger partial charge in [-0.3, -0.25) is 9.69 Å². The molecule has 0 fully saturated rings. The maximum Gasteiger partial charge on any atom is 0.282 e. The van der Waals surface area contributed by atoms with Crippen molar-refractivity contribution in [2.75, 3.05) is 32.1 Å². The number of hydrogen-bond acceptors (Lipinski definition) is 6. The number of aryl methyl sites for hydroxylation is 2. The maximum atomic E-state index is 12.9. The Labute approximate surface area is 144 Å². The third-order valence-corrected chi connectivity index (χ3v) is 4.67. The zero-order valence-corrected chi connectivity index (χ0v) is 15.1. The van der Waals surface area contributed by atoms with Crippen LogP contribution in [0.2, 0.25) is 0 Å². The van der Waals surface area contributed by atoms with Crippen LogP contribution >= 0.6 is 11.3 Å². The summed E-state index contributed by atoms with van der Waals surface area (Å²) in [4.78, 5) is 21.2. The van der Waals surface area contributed by atoms with Gasteiger partial charge in [-0.1, -0.05) is 22.6 Å². The van der Waals surface area contributed by atoms with Crippen molar-refractivity contribution in [3.63, 3.8) is 0 Å². The summed E-state index contributed by atoms with van der Waals surface area (Å²) in [5.74, 6) is 0.426. The molecule has 0 unspecified atom stereocenters. The first-order valence-electron chi connectivity index (χ1n) is 7.71. The van der Waals surface area contributed by atoms with E-state index in [9.17, 15) is 4.79 Å². The smallest absolute Gasteiger partial charge is 0.282 e. The molecule has 3 aromatic rings. The van der Waals surface area contributed by atoms with Crippen molar-refractivity contribution in [1.82, 2.24) is 15.0 Å². The topological polar surface area (TPSA) is 62.5 Å². The summed E-state index contributed by atoms with van der Waals surface area (Å²) in [5, 5.41) is 4.54. The molecule has 0 aliphatic rings. The van der Waals surface area contributed by atoms with Crippen LogP contribution in [0.4, 0.5) is 5.13 Å². The highest BCUT2D eigenvalue weighted by Crippen LogP contribution is 2.30. The minimum Gasteiger partial charge on any atom is -0.361 e. The minimum atomic E-state index is -0.190. The second kappa shape index (κ2) is 6.70. The van der Waals surface area contributed by atoms with Crippen LogP contribution in [0.5, 0.6) is 0 Å². The molecule has 0 spiro atoms. The van der Waals surface area contributed by atoms with Crippen LogP contribution in [-0.2, 0) is 0 Å². The van der Waals surface area contributed by atoms with E-state index in [-0.39, 0.29) is 5.91 Å². The number of thiazole rings is 1. The van der Waals surface area contributed by atoms with Gasteiger partial charge >= 0.3 is 0 Å². The molecule has 0 aliphatic heterocycles. The molecule has 1 aromatic carbocycles. The van der Waals surface area contributed by atoms with Gasteiger partial charge in [-0.2, -0.15) is 0 Å². The number of anilines is 1. The highest BCUT2D eigenvalue weighted by molar-refractivity contribution is 7.22. The lowest BCUT2D eigenvalue weighted by Gasteiger charge is -2.20. The molecule has 0 bridgehead atoms. The van der Waals surface area contributed by atoms with E-state index in [2.05, 4.69) is 16.2 Å². The summed E-state index contributed by atoms with van der Waals surface area (Å²) in [6.45, 7) is 5.09. The van der Waals surface area contributed by atoms with Gasteiger partial charge in [0.25, 0.3) is 5.91 Å². The quantitative estimate of drug-likeness (QED) is 0.712. The molecule has 3 rings (SSSR count). The number of amides is 1. The summed E-state index contributed by atoms with van der Waals surface area (Å²) in [7, 11) is 3.95. The standard InChI is InChI=1S/C17H20N4O2S/c1-11-5-6-13-15(9-11)24-17(18-13)21(8-7-20(3)4)16(22)14-10-12(2)23-19-14/h5-6,9-10H,7-8H2,1-4H3. The Hall–Kier alpha value is -2.25. The number of carbonyl (C=O) groups is 1. The van der Waals surface area contributed by atoms with E-state index >= 15 is 0 Å². The number of fused-ring (bicyclic) bond motifs is 1. The molecule has 0 radical (unpaired) electrons. The van der Waals surface area contributed by atoms with Crippen molar-refractivity contribution < 1.29 is 9.32 Å². The Morgan fingerprint density at radius 1 is 1.21 bits per heavy atom. The Balaban J connectivity index is 1.97. The van der Waals surface area contributed by atoms with Gasteiger partial charge in [-0.05, 0) is 45.6 Å². The Morgan fingerprint density at radius 2 is 2.00 bits per heavy atom.